The minimum Gasteiger partial charge on any atom is -0.496 e. The number of rotatable bonds is 5. The highest BCUT2D eigenvalue weighted by atomic mass is 32.2. The first-order valence-electron chi connectivity index (χ1n) is 9.09. The van der Waals surface area contributed by atoms with E-state index in [0.717, 1.165) is 40.0 Å². The maximum absolute atomic E-state index is 11.5. The van der Waals surface area contributed by atoms with Crippen LogP contribution < -0.4 is 9.88 Å². The van der Waals surface area contributed by atoms with Crippen LogP contribution in [0.25, 0.3) is 22.1 Å². The molecule has 8 heteroatoms. The summed E-state index contributed by atoms with van der Waals surface area (Å²) in [7, 11) is -1.94. The van der Waals surface area contributed by atoms with Gasteiger partial charge in [0.25, 0.3) is 10.2 Å². The Hall–Kier alpha value is -2.39. The number of nitrogens with zero attached hydrogens (tertiary/aromatic N) is 2. The molecule has 0 amide bonds. The van der Waals surface area contributed by atoms with Crippen molar-refractivity contribution in [2.45, 2.75) is 6.54 Å². The Morgan fingerprint density at radius 3 is 2.57 bits per heavy atom. The molecular weight excluding hydrogens is 378 g/mol. The molecular formula is C20H23N3O4S. The van der Waals surface area contributed by atoms with Gasteiger partial charge in [-0.25, -0.2) is 5.14 Å². The maximum atomic E-state index is 11.5. The number of hydrogen-bond donors (Lipinski definition) is 1. The molecule has 1 saturated heterocycles. The first-order valence-corrected chi connectivity index (χ1v) is 10.6. The summed E-state index contributed by atoms with van der Waals surface area (Å²) >= 11 is 0. The fourth-order valence-electron chi connectivity index (χ4n) is 3.61. The molecule has 0 spiro atoms. The van der Waals surface area contributed by atoms with Gasteiger partial charge in [0.2, 0.25) is 0 Å². The Balaban J connectivity index is 1.55. The molecule has 2 aromatic carbocycles. The van der Waals surface area contributed by atoms with Crippen LogP contribution in [0.1, 0.15) is 5.56 Å². The van der Waals surface area contributed by atoms with Gasteiger partial charge in [0.05, 0.1) is 13.4 Å². The van der Waals surface area contributed by atoms with Crippen molar-refractivity contribution in [1.82, 2.24) is 9.21 Å². The summed E-state index contributed by atoms with van der Waals surface area (Å²) in [6, 6.07) is 14.2. The summed E-state index contributed by atoms with van der Waals surface area (Å²) in [5, 5.41) is 6.26. The quantitative estimate of drug-likeness (QED) is 0.709. The number of hydrogen-bond acceptors (Lipinski definition) is 5. The maximum Gasteiger partial charge on any atom is 0.276 e. The Kier molecular flexibility index (Phi) is 5.11. The molecule has 1 aromatic heterocycles. The van der Waals surface area contributed by atoms with Crippen molar-refractivity contribution in [1.29, 1.82) is 0 Å². The largest absolute Gasteiger partial charge is 0.496 e. The summed E-state index contributed by atoms with van der Waals surface area (Å²) in [4.78, 5) is 2.23. The van der Waals surface area contributed by atoms with Crippen LogP contribution >= 0.6 is 0 Å². The van der Waals surface area contributed by atoms with Gasteiger partial charge in [0, 0.05) is 43.7 Å². The summed E-state index contributed by atoms with van der Waals surface area (Å²) < 4.78 is 35.2. The molecule has 148 valence electrons. The van der Waals surface area contributed by atoms with Gasteiger partial charge in [-0.2, -0.15) is 12.7 Å². The van der Waals surface area contributed by atoms with E-state index in [0.29, 0.717) is 26.2 Å². The van der Waals surface area contributed by atoms with Crippen molar-refractivity contribution in [3.63, 3.8) is 0 Å². The molecule has 4 rings (SSSR count). The number of benzene rings is 2. The van der Waals surface area contributed by atoms with Crippen molar-refractivity contribution in [2.75, 3.05) is 33.3 Å². The molecule has 1 fully saturated rings. The molecule has 2 heterocycles. The zero-order chi connectivity index (χ0) is 19.7. The van der Waals surface area contributed by atoms with E-state index in [4.69, 9.17) is 14.3 Å². The molecule has 1 aliphatic heterocycles. The zero-order valence-electron chi connectivity index (χ0n) is 15.7. The average Bonchev–Trinajstić information content (AvgIpc) is 3.15. The highest BCUT2D eigenvalue weighted by Gasteiger charge is 2.24. The molecule has 2 N–H and O–H groups in total. The van der Waals surface area contributed by atoms with E-state index in [1.165, 1.54) is 4.31 Å². The lowest BCUT2D eigenvalue weighted by atomic mass is 10.0. The number of piperazine rings is 1. The van der Waals surface area contributed by atoms with Crippen LogP contribution in [-0.4, -0.2) is 50.9 Å². The van der Waals surface area contributed by atoms with Crippen molar-refractivity contribution >= 4 is 21.2 Å². The highest BCUT2D eigenvalue weighted by molar-refractivity contribution is 7.86. The van der Waals surface area contributed by atoms with Crippen molar-refractivity contribution in [2.24, 2.45) is 5.14 Å². The molecule has 0 saturated carbocycles. The number of furan rings is 1. The van der Waals surface area contributed by atoms with Gasteiger partial charge in [-0.15, -0.1) is 0 Å². The second-order valence-electron chi connectivity index (χ2n) is 6.93. The molecule has 0 unspecified atom stereocenters. The monoisotopic (exact) mass is 401 g/mol. The van der Waals surface area contributed by atoms with E-state index < -0.39 is 10.2 Å². The van der Waals surface area contributed by atoms with Gasteiger partial charge in [-0.1, -0.05) is 12.1 Å². The highest BCUT2D eigenvalue weighted by Crippen LogP contribution is 2.33. The lowest BCUT2D eigenvalue weighted by molar-refractivity contribution is 0.181. The van der Waals surface area contributed by atoms with Gasteiger partial charge >= 0.3 is 0 Å². The van der Waals surface area contributed by atoms with Crippen LogP contribution in [-0.2, 0) is 16.8 Å². The normalized spacial score (nSPS) is 16.5. The van der Waals surface area contributed by atoms with Crippen LogP contribution in [0.2, 0.25) is 0 Å². The number of nitrogens with two attached hydrogens (primary N) is 1. The van der Waals surface area contributed by atoms with E-state index in [1.807, 2.05) is 30.3 Å². The van der Waals surface area contributed by atoms with Crippen molar-refractivity contribution in [3.8, 4) is 16.9 Å². The average molecular weight is 401 g/mol. The molecule has 0 atom stereocenters. The van der Waals surface area contributed by atoms with Gasteiger partial charge in [-0.3, -0.25) is 4.90 Å². The number of ether oxygens (including phenoxy) is 1. The van der Waals surface area contributed by atoms with Crippen molar-refractivity contribution < 1.29 is 17.6 Å². The molecule has 3 aromatic rings. The van der Waals surface area contributed by atoms with Crippen LogP contribution in [0.4, 0.5) is 0 Å². The first-order chi connectivity index (χ1) is 13.4. The molecule has 0 radical (unpaired) electrons. The molecule has 0 bridgehead atoms. The molecule has 7 nitrogen and oxygen atoms in total. The first kappa shape index (κ1) is 18.9. The topological polar surface area (TPSA) is 89.0 Å². The third kappa shape index (κ3) is 3.90. The number of methoxy groups -OCH3 is 1. The second kappa shape index (κ2) is 7.56. The SMILES string of the molecule is COc1ccc(CN2CCN(S(N)(=O)=O)CC2)cc1-c1ccc2occc2c1. The van der Waals surface area contributed by atoms with E-state index >= 15 is 0 Å². The minimum absolute atomic E-state index is 0.416. The summed E-state index contributed by atoms with van der Waals surface area (Å²) in [6.07, 6.45) is 1.68. The lowest BCUT2D eigenvalue weighted by Gasteiger charge is -2.33. The Labute approximate surface area is 164 Å². The summed E-state index contributed by atoms with van der Waals surface area (Å²) in [5.74, 6) is 0.811. The van der Waals surface area contributed by atoms with E-state index in [-0.39, 0.29) is 0 Å². The van der Waals surface area contributed by atoms with E-state index in [2.05, 4.69) is 17.0 Å². The van der Waals surface area contributed by atoms with Gasteiger partial charge in [0.1, 0.15) is 11.3 Å². The third-order valence-electron chi connectivity index (χ3n) is 5.12. The molecule has 1 aliphatic rings. The van der Waals surface area contributed by atoms with Gasteiger partial charge < -0.3 is 9.15 Å². The van der Waals surface area contributed by atoms with Crippen LogP contribution in [0.15, 0.2) is 53.1 Å². The number of fused-ring (bicyclic) bond motifs is 1. The standard InChI is InChI=1S/C20H23N3O4S/c1-26-20-4-2-15(14-22-7-9-23(10-8-22)28(21,24)25)12-18(20)16-3-5-19-17(13-16)6-11-27-19/h2-6,11-13H,7-10,14H2,1H3,(H2,21,24,25). The smallest absolute Gasteiger partial charge is 0.276 e. The minimum atomic E-state index is -3.60. The Morgan fingerprint density at radius 2 is 1.86 bits per heavy atom. The predicted molar refractivity (Wildman–Crippen MR) is 108 cm³/mol. The predicted octanol–water partition coefficient (Wildman–Crippen LogP) is 2.43. The second-order valence-corrected chi connectivity index (χ2v) is 8.47. The Bertz CT molecular complexity index is 1090. The van der Waals surface area contributed by atoms with E-state index in [9.17, 15) is 8.42 Å². The van der Waals surface area contributed by atoms with Crippen LogP contribution in [0.3, 0.4) is 0 Å². The van der Waals surface area contributed by atoms with Crippen LogP contribution in [0.5, 0.6) is 5.75 Å². The van der Waals surface area contributed by atoms with Gasteiger partial charge in [0.15, 0.2) is 0 Å². The lowest BCUT2D eigenvalue weighted by Crippen LogP contribution is -2.50. The Morgan fingerprint density at radius 1 is 1.07 bits per heavy atom. The van der Waals surface area contributed by atoms with Gasteiger partial charge in [-0.05, 0) is 41.5 Å². The van der Waals surface area contributed by atoms with Crippen LogP contribution in [0, 0.1) is 0 Å². The third-order valence-corrected chi connectivity index (χ3v) is 6.21. The fraction of sp³-hybridized carbons (Fsp3) is 0.300. The molecule has 0 aliphatic carbocycles. The zero-order valence-corrected chi connectivity index (χ0v) is 16.5. The molecule has 28 heavy (non-hydrogen) atoms. The summed E-state index contributed by atoms with van der Waals surface area (Å²) in [6.45, 7) is 2.87. The summed E-state index contributed by atoms with van der Waals surface area (Å²) in [5.41, 5.74) is 4.08. The fourth-order valence-corrected chi connectivity index (χ4v) is 4.29. The van der Waals surface area contributed by atoms with E-state index in [1.54, 1.807) is 13.4 Å². The van der Waals surface area contributed by atoms with Crippen molar-refractivity contribution in [3.05, 3.63) is 54.3 Å².